The molecule has 0 aliphatic rings. The van der Waals surface area contributed by atoms with Crippen molar-refractivity contribution >= 4 is 11.9 Å². The van der Waals surface area contributed by atoms with Crippen molar-refractivity contribution in [2.75, 3.05) is 6.61 Å². The van der Waals surface area contributed by atoms with E-state index in [4.69, 9.17) is 10.2 Å². The number of alkyl halides is 6. The second-order valence-electron chi connectivity index (χ2n) is 7.48. The highest BCUT2D eigenvalue weighted by atomic mass is 19.4. The maximum Gasteiger partial charge on any atom is 0.416 e. The van der Waals surface area contributed by atoms with Crippen LogP contribution in [0.25, 0.3) is 0 Å². The number of hydrogen-bond donors (Lipinski definition) is 2. The molecule has 0 heterocycles. The summed E-state index contributed by atoms with van der Waals surface area (Å²) in [6.07, 6.45) is -9.19. The molecule has 38 heavy (non-hydrogen) atoms. The molecule has 0 aliphatic carbocycles. The molecule has 12 heteroatoms. The molecule has 0 radical (unpaired) electrons. The molecule has 0 fully saturated rings. The Morgan fingerprint density at radius 3 is 1.79 bits per heavy atom. The monoisotopic (exact) mass is 548 g/mol. The topological polar surface area (TPSA) is 83.8 Å². The molecule has 0 amide bonds. The fraction of sp³-hybridized carbons (Fsp3) is 0.231. The van der Waals surface area contributed by atoms with E-state index >= 15 is 0 Å². The molecule has 0 saturated carbocycles. The second-order valence-corrected chi connectivity index (χ2v) is 7.48. The van der Waals surface area contributed by atoms with Crippen molar-refractivity contribution in [2.24, 2.45) is 0 Å². The third-order valence-electron chi connectivity index (χ3n) is 4.41. The molecule has 0 aromatic heterocycles. The highest BCUT2D eigenvalue weighted by Crippen LogP contribution is 2.31. The van der Waals surface area contributed by atoms with Crippen molar-refractivity contribution < 1.29 is 55.3 Å². The first-order valence-electron chi connectivity index (χ1n) is 10.7. The molecule has 0 saturated heterocycles. The minimum absolute atomic E-state index is 0.0106. The number of benzene rings is 3. The van der Waals surface area contributed by atoms with Crippen LogP contribution in [-0.4, -0.2) is 28.8 Å². The number of esters is 1. The largest absolute Gasteiger partial charge is 0.478 e. The van der Waals surface area contributed by atoms with E-state index in [9.17, 15) is 40.3 Å². The highest BCUT2D eigenvalue weighted by Gasteiger charge is 2.32. The number of ether oxygens (including phenoxy) is 1. The molecule has 0 aliphatic heterocycles. The first kappa shape index (κ1) is 32.1. The Balaban J connectivity index is 0.000000300. The fourth-order valence-electron chi connectivity index (χ4n) is 2.74. The highest BCUT2D eigenvalue weighted by molar-refractivity contribution is 5.89. The van der Waals surface area contributed by atoms with Crippen molar-refractivity contribution in [2.45, 2.75) is 32.8 Å². The molecular weight excluding hydrogens is 525 g/mol. The smallest absolute Gasteiger partial charge is 0.416 e. The molecule has 3 aromatic carbocycles. The summed E-state index contributed by atoms with van der Waals surface area (Å²) in [5, 5.41) is 17.1. The second kappa shape index (κ2) is 14.1. The van der Waals surface area contributed by atoms with Gasteiger partial charge in [0.1, 0.15) is 5.82 Å². The van der Waals surface area contributed by atoms with Gasteiger partial charge in [0.15, 0.2) is 0 Å². The molecule has 0 unspecified atom stereocenters. The van der Waals surface area contributed by atoms with Gasteiger partial charge in [-0.15, -0.1) is 0 Å². The number of carbonyl (C=O) groups is 2. The average Bonchev–Trinajstić information content (AvgIpc) is 2.83. The van der Waals surface area contributed by atoms with Crippen molar-refractivity contribution in [1.29, 1.82) is 0 Å². The maximum atomic E-state index is 12.9. The number of carboxylic acids is 1. The summed E-state index contributed by atoms with van der Waals surface area (Å²) < 4.78 is 90.8. The third kappa shape index (κ3) is 11.0. The summed E-state index contributed by atoms with van der Waals surface area (Å²) in [4.78, 5) is 21.6. The van der Waals surface area contributed by atoms with Crippen LogP contribution < -0.4 is 0 Å². The number of carbonyl (C=O) groups excluding carboxylic acids is 1. The summed E-state index contributed by atoms with van der Waals surface area (Å²) in [7, 11) is 0. The number of rotatable bonds is 4. The van der Waals surface area contributed by atoms with Gasteiger partial charge in [-0.25, -0.2) is 14.0 Å². The standard InChI is InChI=1S/C10H8F4O2.C9H7F3O2.C7H8O/c1-2-16-9(15)6-3-7(10(12,13)14)5-8(11)4-6;1-5-2-6(8(13)14)4-7(3-5)9(10,11)12;8-6-7-4-2-1-3-5-7/h3-5H,2H2,1H3;2-4H,1H3,(H,13,14);1-5,8H,6H2. The van der Waals surface area contributed by atoms with E-state index in [2.05, 4.69) is 4.74 Å². The molecule has 3 aromatic rings. The molecule has 3 rings (SSSR count). The van der Waals surface area contributed by atoms with Gasteiger partial charge in [-0.2, -0.15) is 26.3 Å². The number of carboxylic acid groups (broad SMARTS) is 1. The zero-order valence-corrected chi connectivity index (χ0v) is 20.0. The number of hydrogen-bond acceptors (Lipinski definition) is 4. The summed E-state index contributed by atoms with van der Waals surface area (Å²) >= 11 is 0. The summed E-state index contributed by atoms with van der Waals surface area (Å²) in [5.41, 5.74) is -1.71. The van der Waals surface area contributed by atoms with Crippen LogP contribution in [0.5, 0.6) is 0 Å². The van der Waals surface area contributed by atoms with Gasteiger partial charge < -0.3 is 14.9 Å². The van der Waals surface area contributed by atoms with Gasteiger partial charge >= 0.3 is 24.3 Å². The lowest BCUT2D eigenvalue weighted by atomic mass is 10.1. The molecule has 0 bridgehead atoms. The van der Waals surface area contributed by atoms with E-state index in [1.807, 2.05) is 30.3 Å². The van der Waals surface area contributed by atoms with Crippen LogP contribution in [0.4, 0.5) is 30.7 Å². The van der Waals surface area contributed by atoms with E-state index in [0.717, 1.165) is 11.6 Å². The van der Waals surface area contributed by atoms with E-state index in [1.54, 1.807) is 0 Å². The first-order chi connectivity index (χ1) is 17.6. The number of halogens is 7. The maximum absolute atomic E-state index is 12.9. The van der Waals surface area contributed by atoms with Crippen LogP contribution in [0.2, 0.25) is 0 Å². The fourth-order valence-corrected chi connectivity index (χ4v) is 2.74. The van der Waals surface area contributed by atoms with Crippen LogP contribution in [0.1, 0.15) is 49.9 Å². The van der Waals surface area contributed by atoms with E-state index in [0.29, 0.717) is 24.3 Å². The zero-order chi connectivity index (χ0) is 29.1. The number of aliphatic hydroxyl groups excluding tert-OH is 1. The van der Waals surface area contributed by atoms with Gasteiger partial charge in [0.25, 0.3) is 0 Å². The SMILES string of the molecule is CCOC(=O)c1cc(F)cc(C(F)(F)F)c1.Cc1cc(C(=O)O)cc(C(F)(F)F)c1.OCc1ccccc1. The minimum atomic E-state index is -4.69. The molecule has 0 spiro atoms. The number of aryl methyl sites for hydroxylation is 1. The predicted octanol–water partition coefficient (Wildman–Crippen LogP) is 6.91. The Hall–Kier alpha value is -3.93. The summed E-state index contributed by atoms with van der Waals surface area (Å²) in [6, 6.07) is 13.8. The van der Waals surface area contributed by atoms with Crippen LogP contribution in [-0.2, 0) is 23.7 Å². The van der Waals surface area contributed by atoms with Crippen molar-refractivity contribution in [1.82, 2.24) is 0 Å². The van der Waals surface area contributed by atoms with Gasteiger partial charge in [0, 0.05) is 0 Å². The van der Waals surface area contributed by atoms with E-state index in [-0.39, 0.29) is 24.3 Å². The Bertz CT molecular complexity index is 1210. The van der Waals surface area contributed by atoms with Gasteiger partial charge in [0.2, 0.25) is 0 Å². The van der Waals surface area contributed by atoms with Gasteiger partial charge in [-0.05, 0) is 61.4 Å². The predicted molar refractivity (Wildman–Crippen MR) is 123 cm³/mol. The van der Waals surface area contributed by atoms with Gasteiger partial charge in [-0.3, -0.25) is 0 Å². The Labute approximate surface area is 213 Å². The molecule has 2 N–H and O–H groups in total. The third-order valence-corrected chi connectivity index (χ3v) is 4.41. The van der Waals surface area contributed by atoms with Crippen molar-refractivity contribution in [3.05, 3.63) is 106 Å². The van der Waals surface area contributed by atoms with Crippen LogP contribution in [0.15, 0.2) is 66.7 Å². The molecule has 206 valence electrons. The molecular formula is C26H23F7O5. The lowest BCUT2D eigenvalue weighted by Gasteiger charge is -2.08. The number of aliphatic hydroxyl groups is 1. The van der Waals surface area contributed by atoms with Crippen LogP contribution >= 0.6 is 0 Å². The number of aromatic carboxylic acids is 1. The summed E-state index contributed by atoms with van der Waals surface area (Å²) in [5.74, 6) is -3.47. The minimum Gasteiger partial charge on any atom is -0.478 e. The molecule has 0 atom stereocenters. The Morgan fingerprint density at radius 1 is 0.816 bits per heavy atom. The first-order valence-corrected chi connectivity index (χ1v) is 10.7. The Morgan fingerprint density at radius 2 is 1.34 bits per heavy atom. The van der Waals surface area contributed by atoms with Gasteiger partial charge in [0.05, 0.1) is 35.5 Å². The van der Waals surface area contributed by atoms with E-state index < -0.39 is 46.8 Å². The van der Waals surface area contributed by atoms with E-state index in [1.165, 1.54) is 19.9 Å². The summed E-state index contributed by atoms with van der Waals surface area (Å²) in [6.45, 7) is 3.07. The van der Waals surface area contributed by atoms with Gasteiger partial charge in [-0.1, -0.05) is 30.3 Å². The van der Waals surface area contributed by atoms with Crippen LogP contribution in [0.3, 0.4) is 0 Å². The normalized spacial score (nSPS) is 10.9. The lowest BCUT2D eigenvalue weighted by molar-refractivity contribution is -0.138. The lowest BCUT2D eigenvalue weighted by Crippen LogP contribution is -2.10. The average molecular weight is 548 g/mol. The Kier molecular flexibility index (Phi) is 11.9. The van der Waals surface area contributed by atoms with Crippen molar-refractivity contribution in [3.63, 3.8) is 0 Å². The zero-order valence-electron chi connectivity index (χ0n) is 20.0. The quantitative estimate of drug-likeness (QED) is 0.273. The van der Waals surface area contributed by atoms with Crippen LogP contribution in [0, 0.1) is 12.7 Å². The van der Waals surface area contributed by atoms with Crippen molar-refractivity contribution in [3.8, 4) is 0 Å². The molecule has 5 nitrogen and oxygen atoms in total.